The second-order valence-electron chi connectivity index (χ2n) is 6.89. The van der Waals surface area contributed by atoms with Gasteiger partial charge >= 0.3 is 0 Å². The summed E-state index contributed by atoms with van der Waals surface area (Å²) in [5, 5.41) is 2.66. The van der Waals surface area contributed by atoms with Crippen LogP contribution in [0.1, 0.15) is 23.6 Å². The molecule has 0 unspecified atom stereocenters. The Morgan fingerprint density at radius 1 is 1.13 bits per heavy atom. The summed E-state index contributed by atoms with van der Waals surface area (Å²) in [6.07, 6.45) is 4.69. The first-order valence-corrected chi connectivity index (χ1v) is 10.2. The highest BCUT2D eigenvalue weighted by Crippen LogP contribution is 2.34. The number of hydrogen-bond donors (Lipinski definition) is 1. The van der Waals surface area contributed by atoms with Crippen LogP contribution in [0.2, 0.25) is 0 Å². The predicted octanol–water partition coefficient (Wildman–Crippen LogP) is 3.83. The minimum Gasteiger partial charge on any atom is -0.493 e. The molecule has 6 nitrogen and oxygen atoms in total. The largest absolute Gasteiger partial charge is 0.493 e. The zero-order valence-electron chi connectivity index (χ0n) is 17.7. The fraction of sp³-hybridized carbons (Fsp3) is 0.208. The molecule has 1 saturated heterocycles. The first-order chi connectivity index (χ1) is 14.9. The Labute approximate surface area is 187 Å². The van der Waals surface area contributed by atoms with Gasteiger partial charge < -0.3 is 9.47 Å². The number of methoxy groups -OCH3 is 2. The molecule has 2 aromatic rings. The number of nitrogens with zero attached hydrogens (tertiary/aromatic N) is 1. The summed E-state index contributed by atoms with van der Waals surface area (Å²) >= 11 is 5.27. The highest BCUT2D eigenvalue weighted by Gasteiger charge is 2.34. The van der Waals surface area contributed by atoms with Crippen molar-refractivity contribution >= 4 is 40.9 Å². The number of nitrogens with one attached hydrogen (secondary N) is 1. The van der Waals surface area contributed by atoms with Crippen molar-refractivity contribution in [2.45, 2.75) is 19.8 Å². The number of ether oxygens (including phenoxy) is 2. The number of anilines is 1. The maximum atomic E-state index is 13.2. The van der Waals surface area contributed by atoms with E-state index >= 15 is 0 Å². The van der Waals surface area contributed by atoms with E-state index in [9.17, 15) is 9.59 Å². The fourth-order valence-electron chi connectivity index (χ4n) is 3.40. The molecule has 0 aliphatic carbocycles. The Morgan fingerprint density at radius 2 is 1.84 bits per heavy atom. The molecular formula is C24H24N2O4S. The Morgan fingerprint density at radius 3 is 2.42 bits per heavy atom. The first kappa shape index (κ1) is 22.2. The van der Waals surface area contributed by atoms with Crippen LogP contribution in [0.4, 0.5) is 5.69 Å². The van der Waals surface area contributed by atoms with E-state index in [0.29, 0.717) is 29.2 Å². The third-order valence-electron chi connectivity index (χ3n) is 4.96. The summed E-state index contributed by atoms with van der Waals surface area (Å²) in [5.74, 6) is 0.0530. The Balaban J connectivity index is 2.05. The van der Waals surface area contributed by atoms with Crippen LogP contribution in [-0.2, 0) is 22.4 Å². The van der Waals surface area contributed by atoms with Gasteiger partial charge in [-0.1, -0.05) is 25.1 Å². The quantitative estimate of drug-likeness (QED) is 0.309. The van der Waals surface area contributed by atoms with Crippen molar-refractivity contribution in [2.75, 3.05) is 19.1 Å². The molecule has 160 valence electrons. The summed E-state index contributed by atoms with van der Waals surface area (Å²) in [6, 6.07) is 11.0. The number of amides is 2. The fourth-order valence-corrected chi connectivity index (χ4v) is 3.68. The molecule has 31 heavy (non-hydrogen) atoms. The second-order valence-corrected chi connectivity index (χ2v) is 7.27. The van der Waals surface area contributed by atoms with Crippen molar-refractivity contribution in [3.63, 3.8) is 0 Å². The Kier molecular flexibility index (Phi) is 6.87. The van der Waals surface area contributed by atoms with Crippen molar-refractivity contribution in [3.8, 4) is 11.5 Å². The van der Waals surface area contributed by atoms with Crippen molar-refractivity contribution in [3.05, 3.63) is 71.3 Å². The lowest BCUT2D eigenvalue weighted by Gasteiger charge is -2.29. The van der Waals surface area contributed by atoms with Crippen LogP contribution >= 0.6 is 12.2 Å². The molecule has 0 radical (unpaired) electrons. The molecule has 0 saturated carbocycles. The van der Waals surface area contributed by atoms with Gasteiger partial charge in [0.1, 0.15) is 5.57 Å². The Hall–Kier alpha value is -3.45. The molecule has 1 aliphatic heterocycles. The average molecular weight is 437 g/mol. The molecular weight excluding hydrogens is 412 g/mol. The van der Waals surface area contributed by atoms with Gasteiger partial charge in [-0.25, -0.2) is 0 Å². The van der Waals surface area contributed by atoms with E-state index in [4.69, 9.17) is 21.7 Å². The normalized spacial score (nSPS) is 15.1. The molecule has 1 fully saturated rings. The molecule has 1 heterocycles. The summed E-state index contributed by atoms with van der Waals surface area (Å²) in [6.45, 7) is 5.82. The Bertz CT molecular complexity index is 1070. The predicted molar refractivity (Wildman–Crippen MR) is 125 cm³/mol. The standard InChI is InChI=1S/C24H24N2O4S/c1-5-7-17-12-16(14-20(29-3)21(17)30-4)13-19-22(27)25-24(31)26(23(19)28)18-10-8-15(6-2)9-11-18/h5,8-14H,1,6-7H2,2-4H3,(H,25,27,31)/b19-13+. The minimum atomic E-state index is -0.545. The summed E-state index contributed by atoms with van der Waals surface area (Å²) < 4.78 is 10.9. The van der Waals surface area contributed by atoms with Crippen LogP contribution in [0.25, 0.3) is 6.08 Å². The van der Waals surface area contributed by atoms with Crippen molar-refractivity contribution in [1.82, 2.24) is 5.32 Å². The highest BCUT2D eigenvalue weighted by molar-refractivity contribution is 7.80. The molecule has 3 rings (SSSR count). The van der Waals surface area contributed by atoms with Crippen LogP contribution in [0.3, 0.4) is 0 Å². The molecule has 7 heteroatoms. The van der Waals surface area contributed by atoms with Gasteiger partial charge in [0, 0.05) is 5.56 Å². The smallest absolute Gasteiger partial charge is 0.270 e. The maximum Gasteiger partial charge on any atom is 0.270 e. The zero-order chi connectivity index (χ0) is 22.5. The van der Waals surface area contributed by atoms with E-state index in [-0.39, 0.29) is 10.7 Å². The molecule has 2 aromatic carbocycles. The number of aryl methyl sites for hydroxylation is 1. The van der Waals surface area contributed by atoms with Crippen LogP contribution in [0.15, 0.2) is 54.6 Å². The lowest BCUT2D eigenvalue weighted by molar-refractivity contribution is -0.122. The molecule has 0 atom stereocenters. The minimum absolute atomic E-state index is 0.0232. The number of allylic oxidation sites excluding steroid dienone is 1. The average Bonchev–Trinajstić information content (AvgIpc) is 2.76. The third kappa shape index (κ3) is 4.51. The second kappa shape index (κ2) is 9.57. The van der Waals surface area contributed by atoms with E-state index in [2.05, 4.69) is 18.8 Å². The number of hydrogen-bond acceptors (Lipinski definition) is 5. The van der Waals surface area contributed by atoms with Crippen LogP contribution in [0, 0.1) is 0 Å². The van der Waals surface area contributed by atoms with Gasteiger partial charge in [-0.15, -0.1) is 6.58 Å². The van der Waals surface area contributed by atoms with Crippen molar-refractivity contribution < 1.29 is 19.1 Å². The van der Waals surface area contributed by atoms with Gasteiger partial charge in [-0.05, 0) is 66.5 Å². The third-order valence-corrected chi connectivity index (χ3v) is 5.24. The molecule has 1 N–H and O–H groups in total. The molecule has 0 bridgehead atoms. The van der Waals surface area contributed by atoms with Crippen LogP contribution < -0.4 is 19.7 Å². The number of rotatable bonds is 7. The lowest BCUT2D eigenvalue weighted by atomic mass is 10.0. The number of carbonyl (C=O) groups is 2. The van der Waals surface area contributed by atoms with E-state index in [1.54, 1.807) is 19.3 Å². The monoisotopic (exact) mass is 436 g/mol. The maximum absolute atomic E-state index is 13.2. The molecule has 0 spiro atoms. The van der Waals surface area contributed by atoms with Crippen LogP contribution in [-0.4, -0.2) is 31.1 Å². The molecule has 1 aliphatic rings. The van der Waals surface area contributed by atoms with E-state index in [1.165, 1.54) is 18.1 Å². The summed E-state index contributed by atoms with van der Waals surface area (Å²) in [7, 11) is 3.09. The van der Waals surface area contributed by atoms with Gasteiger partial charge in [0.05, 0.1) is 19.9 Å². The van der Waals surface area contributed by atoms with Crippen molar-refractivity contribution in [2.24, 2.45) is 0 Å². The van der Waals surface area contributed by atoms with Gasteiger partial charge in [-0.3, -0.25) is 19.8 Å². The molecule has 0 aromatic heterocycles. The van der Waals surface area contributed by atoms with E-state index in [0.717, 1.165) is 17.5 Å². The number of carbonyl (C=O) groups excluding carboxylic acids is 2. The topological polar surface area (TPSA) is 67.9 Å². The van der Waals surface area contributed by atoms with Crippen LogP contribution in [0.5, 0.6) is 11.5 Å². The van der Waals surface area contributed by atoms with Gasteiger partial charge in [0.25, 0.3) is 11.8 Å². The summed E-state index contributed by atoms with van der Waals surface area (Å²) in [4.78, 5) is 27.2. The lowest BCUT2D eigenvalue weighted by Crippen LogP contribution is -2.54. The highest BCUT2D eigenvalue weighted by atomic mass is 32.1. The van der Waals surface area contributed by atoms with Gasteiger partial charge in [-0.2, -0.15) is 0 Å². The molecule has 2 amide bonds. The zero-order valence-corrected chi connectivity index (χ0v) is 18.5. The summed E-state index contributed by atoms with van der Waals surface area (Å²) in [5.41, 5.74) is 3.17. The van der Waals surface area contributed by atoms with Crippen molar-refractivity contribution in [1.29, 1.82) is 0 Å². The SMILES string of the molecule is C=CCc1cc(/C=C2\C(=O)NC(=S)N(c3ccc(CC)cc3)C2=O)cc(OC)c1OC. The first-order valence-electron chi connectivity index (χ1n) is 9.79. The van der Waals surface area contributed by atoms with E-state index in [1.807, 2.05) is 30.3 Å². The number of thiocarbonyl (C=S) groups is 1. The number of benzene rings is 2. The van der Waals surface area contributed by atoms with Gasteiger partial charge in [0.2, 0.25) is 0 Å². The van der Waals surface area contributed by atoms with E-state index < -0.39 is 11.8 Å². The van der Waals surface area contributed by atoms with Gasteiger partial charge in [0.15, 0.2) is 16.6 Å².